The number of carbonyl (C=O) groups excluding carboxylic acids is 2. The Kier molecular flexibility index (Phi) is 2.36. The smallest absolute Gasteiger partial charge is 0.429 e. The number of fused-ring (bicyclic) bond motifs is 1. The van der Waals surface area contributed by atoms with E-state index in [9.17, 15) is 9.59 Å². The third-order valence-corrected chi connectivity index (χ3v) is 3.26. The average Bonchev–Trinajstić information content (AvgIpc) is 2.92. The number of cyclic esters (lactones) is 1. The molecule has 1 atom stereocenters. The van der Waals surface area contributed by atoms with Crippen molar-refractivity contribution >= 4 is 17.7 Å². The molecular formula is C12H13N3O3. The Bertz CT molecular complexity index is 517. The summed E-state index contributed by atoms with van der Waals surface area (Å²) in [5, 5.41) is 3.29. The highest BCUT2D eigenvalue weighted by molar-refractivity contribution is 5.85. The zero-order chi connectivity index (χ0) is 12.7. The minimum absolute atomic E-state index is 0.183. The molecule has 2 amide bonds. The van der Waals surface area contributed by atoms with E-state index in [4.69, 9.17) is 10.5 Å². The number of rotatable bonds is 2. The molecule has 2 heterocycles. The van der Waals surface area contributed by atoms with Gasteiger partial charge in [-0.15, -0.1) is 0 Å². The molecule has 0 spiro atoms. The minimum Gasteiger partial charge on any atom is -0.433 e. The Balaban J connectivity index is 1.85. The summed E-state index contributed by atoms with van der Waals surface area (Å²) in [6, 6.07) is 7.87. The fraction of sp³-hybridized carbons (Fsp3) is 0.333. The number of amides is 2. The Morgan fingerprint density at radius 2 is 2.11 bits per heavy atom. The van der Waals surface area contributed by atoms with Gasteiger partial charge < -0.3 is 10.5 Å². The molecule has 0 bridgehead atoms. The van der Waals surface area contributed by atoms with E-state index < -0.39 is 18.1 Å². The second kappa shape index (κ2) is 3.90. The normalized spacial score (nSPS) is 22.0. The van der Waals surface area contributed by atoms with Gasteiger partial charge >= 0.3 is 6.09 Å². The summed E-state index contributed by atoms with van der Waals surface area (Å²) >= 11 is 0. The highest BCUT2D eigenvalue weighted by atomic mass is 16.6. The summed E-state index contributed by atoms with van der Waals surface area (Å²) in [7, 11) is 0. The molecule has 1 aromatic rings. The van der Waals surface area contributed by atoms with Crippen molar-refractivity contribution < 1.29 is 14.3 Å². The average molecular weight is 247 g/mol. The maximum absolute atomic E-state index is 11.7. The highest BCUT2D eigenvalue weighted by Gasteiger charge is 2.40. The number of hydrogen-bond acceptors (Lipinski definition) is 4. The maximum atomic E-state index is 11.7. The Morgan fingerprint density at radius 3 is 2.83 bits per heavy atom. The monoisotopic (exact) mass is 247 g/mol. The molecule has 2 N–H and O–H groups in total. The quantitative estimate of drug-likeness (QED) is 0.814. The van der Waals surface area contributed by atoms with Gasteiger partial charge in [0.05, 0.1) is 12.2 Å². The van der Waals surface area contributed by atoms with Crippen LogP contribution in [-0.4, -0.2) is 36.2 Å². The van der Waals surface area contributed by atoms with Gasteiger partial charge in [0.25, 0.3) is 5.91 Å². The molecular weight excluding hydrogens is 234 g/mol. The molecule has 0 aromatic heterocycles. The molecule has 6 nitrogen and oxygen atoms in total. The fourth-order valence-electron chi connectivity index (χ4n) is 2.37. The van der Waals surface area contributed by atoms with Gasteiger partial charge in [-0.25, -0.2) is 9.80 Å². The Labute approximate surface area is 104 Å². The summed E-state index contributed by atoms with van der Waals surface area (Å²) in [6.45, 7) is 0.891. The molecule has 18 heavy (non-hydrogen) atoms. The SMILES string of the molecule is NC(=O)C1CN(N2CCc3ccccc32)C(=O)O1. The molecule has 1 fully saturated rings. The van der Waals surface area contributed by atoms with Crippen LogP contribution in [0.3, 0.4) is 0 Å². The van der Waals surface area contributed by atoms with E-state index in [0.717, 1.165) is 12.1 Å². The lowest BCUT2D eigenvalue weighted by molar-refractivity contribution is -0.124. The first kappa shape index (κ1) is 10.9. The van der Waals surface area contributed by atoms with E-state index >= 15 is 0 Å². The van der Waals surface area contributed by atoms with Crippen LogP contribution in [0.1, 0.15) is 5.56 Å². The van der Waals surface area contributed by atoms with Crippen LogP contribution in [0, 0.1) is 0 Å². The molecule has 0 radical (unpaired) electrons. The van der Waals surface area contributed by atoms with Gasteiger partial charge in [-0.3, -0.25) is 9.80 Å². The lowest BCUT2D eigenvalue weighted by atomic mass is 10.2. The molecule has 1 unspecified atom stereocenters. The van der Waals surface area contributed by atoms with Gasteiger partial charge in [-0.1, -0.05) is 18.2 Å². The van der Waals surface area contributed by atoms with Crippen LogP contribution in [0.25, 0.3) is 0 Å². The van der Waals surface area contributed by atoms with Gasteiger partial charge in [0.1, 0.15) is 0 Å². The molecule has 0 aliphatic carbocycles. The third kappa shape index (κ3) is 1.57. The summed E-state index contributed by atoms with van der Waals surface area (Å²) in [4.78, 5) is 22.8. The number of hydrogen-bond donors (Lipinski definition) is 1. The van der Waals surface area contributed by atoms with Crippen LogP contribution in [0.5, 0.6) is 0 Å². The summed E-state index contributed by atoms with van der Waals surface area (Å²) in [6.07, 6.45) is -0.498. The molecule has 6 heteroatoms. The zero-order valence-corrected chi connectivity index (χ0v) is 9.70. The number of para-hydroxylation sites is 1. The largest absolute Gasteiger partial charge is 0.433 e. The van der Waals surface area contributed by atoms with Crippen molar-refractivity contribution in [1.82, 2.24) is 5.01 Å². The van der Waals surface area contributed by atoms with E-state index in [1.807, 2.05) is 29.3 Å². The van der Waals surface area contributed by atoms with Crippen LogP contribution in [0.15, 0.2) is 24.3 Å². The second-order valence-electron chi connectivity index (χ2n) is 4.36. The van der Waals surface area contributed by atoms with Crippen LogP contribution in [0.2, 0.25) is 0 Å². The third-order valence-electron chi connectivity index (χ3n) is 3.26. The predicted molar refractivity (Wildman–Crippen MR) is 63.7 cm³/mol. The van der Waals surface area contributed by atoms with Crippen LogP contribution < -0.4 is 10.7 Å². The number of benzene rings is 1. The minimum atomic E-state index is -0.856. The van der Waals surface area contributed by atoms with E-state index in [1.54, 1.807) is 0 Å². The molecule has 1 aromatic carbocycles. The lowest BCUT2D eigenvalue weighted by Gasteiger charge is -2.27. The predicted octanol–water partition coefficient (Wildman–Crippen LogP) is 0.270. The van der Waals surface area contributed by atoms with E-state index in [2.05, 4.69) is 0 Å². The Hall–Kier alpha value is -2.24. The van der Waals surface area contributed by atoms with Crippen molar-refractivity contribution in [1.29, 1.82) is 0 Å². The van der Waals surface area contributed by atoms with E-state index in [1.165, 1.54) is 10.6 Å². The number of anilines is 1. The van der Waals surface area contributed by atoms with Gasteiger partial charge in [-0.05, 0) is 18.1 Å². The molecule has 3 rings (SSSR count). The van der Waals surface area contributed by atoms with Gasteiger partial charge in [0.15, 0.2) is 0 Å². The molecule has 2 aliphatic rings. The van der Waals surface area contributed by atoms with E-state index in [0.29, 0.717) is 6.54 Å². The lowest BCUT2D eigenvalue weighted by Crippen LogP contribution is -2.43. The molecule has 0 saturated carbocycles. The van der Waals surface area contributed by atoms with Crippen molar-refractivity contribution in [3.05, 3.63) is 29.8 Å². The van der Waals surface area contributed by atoms with Crippen molar-refractivity contribution in [2.75, 3.05) is 18.1 Å². The maximum Gasteiger partial charge on any atom is 0.429 e. The standard InChI is InChI=1S/C12H13N3O3/c13-11(16)10-7-15(12(17)18-10)14-6-5-8-3-1-2-4-9(8)14/h1-4,10H,5-7H2,(H2,13,16). The van der Waals surface area contributed by atoms with Gasteiger partial charge in [0, 0.05) is 6.54 Å². The summed E-state index contributed by atoms with van der Waals surface area (Å²) in [5.74, 6) is -0.613. The first-order chi connectivity index (χ1) is 8.66. The van der Waals surface area contributed by atoms with Crippen LogP contribution in [0.4, 0.5) is 10.5 Å². The van der Waals surface area contributed by atoms with Crippen molar-refractivity contribution in [2.45, 2.75) is 12.5 Å². The Morgan fingerprint density at radius 1 is 1.33 bits per heavy atom. The molecule has 94 valence electrons. The van der Waals surface area contributed by atoms with Crippen LogP contribution >= 0.6 is 0 Å². The number of primary amides is 1. The number of hydrazine groups is 1. The first-order valence-electron chi connectivity index (χ1n) is 5.79. The number of nitrogens with two attached hydrogens (primary N) is 1. The zero-order valence-electron chi connectivity index (χ0n) is 9.70. The topological polar surface area (TPSA) is 75.9 Å². The van der Waals surface area contributed by atoms with E-state index in [-0.39, 0.29) is 6.54 Å². The number of nitrogens with zero attached hydrogens (tertiary/aromatic N) is 2. The summed E-state index contributed by atoms with van der Waals surface area (Å²) < 4.78 is 4.93. The van der Waals surface area contributed by atoms with Crippen molar-refractivity contribution in [3.8, 4) is 0 Å². The number of ether oxygens (including phenoxy) is 1. The van der Waals surface area contributed by atoms with Crippen molar-refractivity contribution in [2.24, 2.45) is 5.73 Å². The molecule has 2 aliphatic heterocycles. The van der Waals surface area contributed by atoms with Gasteiger partial charge in [0.2, 0.25) is 6.10 Å². The number of carbonyl (C=O) groups is 2. The molecule has 1 saturated heterocycles. The summed E-state index contributed by atoms with van der Waals surface area (Å²) in [5.41, 5.74) is 7.33. The first-order valence-corrected chi connectivity index (χ1v) is 5.79. The van der Waals surface area contributed by atoms with Crippen molar-refractivity contribution in [3.63, 3.8) is 0 Å². The van der Waals surface area contributed by atoms with Crippen LogP contribution in [-0.2, 0) is 16.0 Å². The van der Waals surface area contributed by atoms with Gasteiger partial charge in [-0.2, -0.15) is 0 Å². The highest BCUT2D eigenvalue weighted by Crippen LogP contribution is 2.30. The second-order valence-corrected chi connectivity index (χ2v) is 4.36. The fourth-order valence-corrected chi connectivity index (χ4v) is 2.37.